The zero-order chi connectivity index (χ0) is 24.8. The van der Waals surface area contributed by atoms with Crippen molar-refractivity contribution in [3.63, 3.8) is 0 Å². The van der Waals surface area contributed by atoms with Gasteiger partial charge in [-0.15, -0.1) is 0 Å². The Bertz CT molecular complexity index is 1390. The van der Waals surface area contributed by atoms with Gasteiger partial charge in [0, 0.05) is 12.1 Å². The van der Waals surface area contributed by atoms with Crippen molar-refractivity contribution in [1.82, 2.24) is 5.32 Å². The van der Waals surface area contributed by atoms with E-state index in [1.54, 1.807) is 20.3 Å². The van der Waals surface area contributed by atoms with Crippen molar-refractivity contribution in [1.29, 1.82) is 0 Å². The summed E-state index contributed by atoms with van der Waals surface area (Å²) in [7, 11) is 3.16. The fraction of sp³-hybridized carbons (Fsp3) is 0.214. The predicted octanol–water partition coefficient (Wildman–Crippen LogP) is 4.52. The molecule has 1 amide bonds. The maximum Gasteiger partial charge on any atom is 0.257 e. The van der Waals surface area contributed by atoms with Gasteiger partial charge >= 0.3 is 0 Å². The van der Waals surface area contributed by atoms with E-state index in [-0.39, 0.29) is 23.7 Å². The molecular formula is C28H27NO6. The average Bonchev–Trinajstić information content (AvgIpc) is 2.88. The fourth-order valence-corrected chi connectivity index (χ4v) is 3.77. The molecule has 0 fully saturated rings. The zero-order valence-corrected chi connectivity index (χ0v) is 19.9. The number of methoxy groups -OCH3 is 2. The summed E-state index contributed by atoms with van der Waals surface area (Å²) in [6.07, 6.45) is 0.596. The number of rotatable bonds is 9. The van der Waals surface area contributed by atoms with Gasteiger partial charge in [-0.25, -0.2) is 0 Å². The minimum absolute atomic E-state index is 0.0163. The normalized spacial score (nSPS) is 10.7. The molecule has 1 heterocycles. The second kappa shape index (κ2) is 10.8. The fourth-order valence-electron chi connectivity index (χ4n) is 3.77. The summed E-state index contributed by atoms with van der Waals surface area (Å²) in [6.45, 7) is 2.01. The van der Waals surface area contributed by atoms with E-state index >= 15 is 0 Å². The van der Waals surface area contributed by atoms with E-state index in [1.165, 1.54) is 0 Å². The molecule has 0 radical (unpaired) electrons. The van der Waals surface area contributed by atoms with E-state index in [9.17, 15) is 9.59 Å². The average molecular weight is 474 g/mol. The SMILES string of the molecule is COc1ccc(CCNC(=O)COc2c(-c3ccccc3)oc3cc(C)ccc3c2=O)cc1OC. The van der Waals surface area contributed by atoms with Crippen LogP contribution in [-0.2, 0) is 11.2 Å². The number of aryl methyl sites for hydroxylation is 1. The maximum absolute atomic E-state index is 13.2. The topological polar surface area (TPSA) is 87.0 Å². The van der Waals surface area contributed by atoms with E-state index in [0.717, 1.165) is 11.1 Å². The van der Waals surface area contributed by atoms with E-state index in [1.807, 2.05) is 67.6 Å². The molecule has 7 heteroatoms. The van der Waals surface area contributed by atoms with Crippen LogP contribution in [0.4, 0.5) is 0 Å². The van der Waals surface area contributed by atoms with Gasteiger partial charge in [-0.1, -0.05) is 42.5 Å². The van der Waals surface area contributed by atoms with Gasteiger partial charge < -0.3 is 23.9 Å². The molecule has 0 atom stereocenters. The Kier molecular flexibility index (Phi) is 7.35. The molecule has 1 N–H and O–H groups in total. The Morgan fingerprint density at radius 2 is 1.71 bits per heavy atom. The second-order valence-corrected chi connectivity index (χ2v) is 8.03. The first-order valence-electron chi connectivity index (χ1n) is 11.2. The van der Waals surface area contributed by atoms with Gasteiger partial charge in [0.25, 0.3) is 5.91 Å². The number of fused-ring (bicyclic) bond motifs is 1. The van der Waals surface area contributed by atoms with Crippen LogP contribution in [0.1, 0.15) is 11.1 Å². The van der Waals surface area contributed by atoms with Crippen LogP contribution in [-0.4, -0.2) is 33.3 Å². The number of amides is 1. The molecule has 0 aliphatic rings. The molecule has 0 unspecified atom stereocenters. The van der Waals surface area contributed by atoms with Crippen molar-refractivity contribution in [3.05, 3.63) is 88.1 Å². The van der Waals surface area contributed by atoms with E-state index in [0.29, 0.717) is 46.8 Å². The molecule has 0 bridgehead atoms. The molecule has 0 aliphatic heterocycles. The lowest BCUT2D eigenvalue weighted by Gasteiger charge is -2.12. The Balaban J connectivity index is 1.47. The van der Waals surface area contributed by atoms with Crippen molar-refractivity contribution < 1.29 is 23.4 Å². The molecular weight excluding hydrogens is 446 g/mol. The van der Waals surface area contributed by atoms with Gasteiger partial charge in [0.2, 0.25) is 11.2 Å². The zero-order valence-electron chi connectivity index (χ0n) is 19.9. The van der Waals surface area contributed by atoms with Gasteiger partial charge in [0.05, 0.1) is 19.6 Å². The molecule has 7 nitrogen and oxygen atoms in total. The third-order valence-corrected chi connectivity index (χ3v) is 5.57. The van der Waals surface area contributed by atoms with E-state index < -0.39 is 0 Å². The molecule has 180 valence electrons. The molecule has 0 saturated heterocycles. The number of nitrogens with one attached hydrogen (secondary N) is 1. The van der Waals surface area contributed by atoms with E-state index in [4.69, 9.17) is 18.6 Å². The third-order valence-electron chi connectivity index (χ3n) is 5.57. The van der Waals surface area contributed by atoms with Crippen LogP contribution in [0.15, 0.2) is 75.9 Å². The van der Waals surface area contributed by atoms with E-state index in [2.05, 4.69) is 5.32 Å². The molecule has 1 aromatic heterocycles. The molecule has 0 spiro atoms. The minimum atomic E-state index is -0.340. The van der Waals surface area contributed by atoms with Gasteiger partial charge in [-0.3, -0.25) is 9.59 Å². The van der Waals surface area contributed by atoms with Crippen LogP contribution in [0.5, 0.6) is 17.2 Å². The second-order valence-electron chi connectivity index (χ2n) is 8.03. The highest BCUT2D eigenvalue weighted by atomic mass is 16.5. The number of carbonyl (C=O) groups excluding carboxylic acids is 1. The molecule has 0 saturated carbocycles. The third kappa shape index (κ3) is 5.46. The monoisotopic (exact) mass is 473 g/mol. The number of hydrogen-bond acceptors (Lipinski definition) is 6. The van der Waals surface area contributed by atoms with Crippen LogP contribution >= 0.6 is 0 Å². The first kappa shape index (κ1) is 23.9. The van der Waals surface area contributed by atoms with Crippen molar-refractivity contribution in [2.24, 2.45) is 0 Å². The first-order chi connectivity index (χ1) is 17.0. The minimum Gasteiger partial charge on any atom is -0.493 e. The first-order valence-corrected chi connectivity index (χ1v) is 11.2. The highest BCUT2D eigenvalue weighted by molar-refractivity contribution is 5.83. The number of ether oxygens (including phenoxy) is 3. The lowest BCUT2D eigenvalue weighted by Crippen LogP contribution is -2.31. The Morgan fingerprint density at radius 3 is 2.46 bits per heavy atom. The lowest BCUT2D eigenvalue weighted by molar-refractivity contribution is -0.123. The molecule has 0 aliphatic carbocycles. The van der Waals surface area contributed by atoms with Crippen molar-refractivity contribution in [2.45, 2.75) is 13.3 Å². The van der Waals surface area contributed by atoms with Crippen molar-refractivity contribution in [3.8, 4) is 28.6 Å². The summed E-state index contributed by atoms with van der Waals surface area (Å²) in [4.78, 5) is 25.7. The van der Waals surface area contributed by atoms with Crippen LogP contribution < -0.4 is 25.0 Å². The largest absolute Gasteiger partial charge is 0.493 e. The number of carbonyl (C=O) groups is 1. The summed E-state index contributed by atoms with van der Waals surface area (Å²) < 4.78 is 22.4. The lowest BCUT2D eigenvalue weighted by atomic mass is 10.1. The highest BCUT2D eigenvalue weighted by Gasteiger charge is 2.19. The van der Waals surface area contributed by atoms with Crippen LogP contribution in [0.25, 0.3) is 22.3 Å². The Labute approximate surface area is 203 Å². The molecule has 3 aromatic carbocycles. The van der Waals surface area contributed by atoms with Gasteiger partial charge in [-0.05, 0) is 48.7 Å². The van der Waals surface area contributed by atoms with Crippen LogP contribution in [0.2, 0.25) is 0 Å². The van der Waals surface area contributed by atoms with Gasteiger partial charge in [-0.2, -0.15) is 0 Å². The number of benzene rings is 3. The Hall–Kier alpha value is -4.26. The predicted molar refractivity (Wildman–Crippen MR) is 134 cm³/mol. The van der Waals surface area contributed by atoms with Crippen LogP contribution in [0, 0.1) is 6.92 Å². The van der Waals surface area contributed by atoms with Crippen molar-refractivity contribution in [2.75, 3.05) is 27.4 Å². The highest BCUT2D eigenvalue weighted by Crippen LogP contribution is 2.31. The smallest absolute Gasteiger partial charge is 0.257 e. The molecule has 4 aromatic rings. The quantitative estimate of drug-likeness (QED) is 0.385. The summed E-state index contributed by atoms with van der Waals surface area (Å²) >= 11 is 0. The maximum atomic E-state index is 13.2. The number of hydrogen-bond donors (Lipinski definition) is 1. The standard InChI is InChI=1S/C28H27NO6/c1-18-9-11-21-23(15-18)35-27(20-7-5-4-6-8-20)28(26(21)31)34-17-25(30)29-14-13-19-10-12-22(32-2)24(16-19)33-3/h4-12,15-16H,13-14,17H2,1-3H3,(H,29,30). The van der Waals surface area contributed by atoms with Gasteiger partial charge in [0.1, 0.15) is 5.58 Å². The molecule has 35 heavy (non-hydrogen) atoms. The molecule has 4 rings (SSSR count). The summed E-state index contributed by atoms with van der Waals surface area (Å²) in [5, 5.41) is 3.22. The summed E-state index contributed by atoms with van der Waals surface area (Å²) in [5.41, 5.74) is 2.81. The Morgan fingerprint density at radius 1 is 0.943 bits per heavy atom. The summed E-state index contributed by atoms with van der Waals surface area (Å²) in [5.74, 6) is 1.25. The summed E-state index contributed by atoms with van der Waals surface area (Å²) in [6, 6.07) is 20.2. The van der Waals surface area contributed by atoms with Gasteiger partial charge in [0.15, 0.2) is 23.9 Å². The van der Waals surface area contributed by atoms with Crippen LogP contribution in [0.3, 0.4) is 0 Å². The van der Waals surface area contributed by atoms with Crippen molar-refractivity contribution >= 4 is 16.9 Å².